The van der Waals surface area contributed by atoms with Crippen LogP contribution in [0.25, 0.3) is 10.9 Å². The monoisotopic (exact) mass is 406 g/mol. The summed E-state index contributed by atoms with van der Waals surface area (Å²) in [7, 11) is 1.57. The van der Waals surface area contributed by atoms with Gasteiger partial charge in [0.1, 0.15) is 5.75 Å². The highest BCUT2D eigenvalue weighted by atomic mass is 16.5. The third-order valence-electron chi connectivity index (χ3n) is 5.49. The molecule has 1 N–H and O–H groups in total. The fraction of sp³-hybridized carbons (Fsp3) is 0.333. The third kappa shape index (κ3) is 4.39. The Hall–Kier alpha value is -3.12. The summed E-state index contributed by atoms with van der Waals surface area (Å²) >= 11 is 0. The van der Waals surface area contributed by atoms with Crippen LogP contribution in [0, 0.1) is 6.92 Å². The average Bonchev–Trinajstić information content (AvgIpc) is 3.26. The van der Waals surface area contributed by atoms with Gasteiger partial charge in [0, 0.05) is 29.8 Å². The summed E-state index contributed by atoms with van der Waals surface area (Å²) in [5, 5.41) is 0.945. The van der Waals surface area contributed by atoms with Crippen LogP contribution in [0.3, 0.4) is 0 Å². The van der Waals surface area contributed by atoms with Crippen molar-refractivity contribution in [3.63, 3.8) is 0 Å². The average molecular weight is 406 g/mol. The zero-order valence-electron chi connectivity index (χ0n) is 17.3. The highest BCUT2D eigenvalue weighted by molar-refractivity contribution is 5.94. The van der Waals surface area contributed by atoms with E-state index in [2.05, 4.69) is 4.98 Å². The van der Waals surface area contributed by atoms with E-state index in [9.17, 15) is 9.59 Å². The molecule has 3 aromatic rings. The van der Waals surface area contributed by atoms with E-state index in [1.807, 2.05) is 31.2 Å². The second-order valence-corrected chi connectivity index (χ2v) is 7.77. The molecule has 6 heteroatoms. The van der Waals surface area contributed by atoms with Crippen LogP contribution in [-0.2, 0) is 11.3 Å². The van der Waals surface area contributed by atoms with E-state index in [-0.39, 0.29) is 24.1 Å². The van der Waals surface area contributed by atoms with Crippen LogP contribution < -0.4 is 10.3 Å². The molecule has 1 atom stereocenters. The summed E-state index contributed by atoms with van der Waals surface area (Å²) in [5.41, 5.74) is 2.79. The maximum absolute atomic E-state index is 13.3. The lowest BCUT2D eigenvalue weighted by atomic mass is 10.1. The van der Waals surface area contributed by atoms with E-state index in [1.165, 1.54) is 0 Å². The minimum atomic E-state index is -0.177. The van der Waals surface area contributed by atoms with E-state index in [1.54, 1.807) is 36.3 Å². The predicted octanol–water partition coefficient (Wildman–Crippen LogP) is 3.67. The van der Waals surface area contributed by atoms with Gasteiger partial charge >= 0.3 is 0 Å². The van der Waals surface area contributed by atoms with Gasteiger partial charge in [-0.05, 0) is 61.0 Å². The summed E-state index contributed by atoms with van der Waals surface area (Å²) in [5.74, 6) is 0.477. The Morgan fingerprint density at radius 2 is 2.10 bits per heavy atom. The highest BCUT2D eigenvalue weighted by Crippen LogP contribution is 2.20. The van der Waals surface area contributed by atoms with Crippen molar-refractivity contribution in [2.45, 2.75) is 32.4 Å². The Morgan fingerprint density at radius 3 is 2.87 bits per heavy atom. The first-order valence-corrected chi connectivity index (χ1v) is 10.2. The quantitative estimate of drug-likeness (QED) is 0.678. The van der Waals surface area contributed by atoms with E-state index < -0.39 is 0 Å². The minimum absolute atomic E-state index is 0.0123. The number of ether oxygens (including phenoxy) is 2. The molecule has 2 aromatic carbocycles. The number of hydrogen-bond acceptors (Lipinski definition) is 4. The molecule has 1 aromatic heterocycles. The summed E-state index contributed by atoms with van der Waals surface area (Å²) in [6.45, 7) is 3.36. The van der Waals surface area contributed by atoms with Gasteiger partial charge in [-0.1, -0.05) is 18.2 Å². The molecule has 0 aliphatic carbocycles. The standard InChI is InChI=1S/C24H26N2O4/c1-16-8-9-17-12-19(23(27)25-22(17)11-16)14-26(15-21-7-4-10-30-21)24(28)18-5-3-6-20(13-18)29-2/h3,5-6,8-9,11-13,21H,4,7,10,14-15H2,1-2H3,(H,25,27)/t21-/m1/s1. The number of pyridine rings is 1. The van der Waals surface area contributed by atoms with E-state index in [4.69, 9.17) is 9.47 Å². The number of amides is 1. The minimum Gasteiger partial charge on any atom is -0.497 e. The van der Waals surface area contributed by atoms with Crippen LogP contribution in [0.2, 0.25) is 0 Å². The van der Waals surface area contributed by atoms with Crippen LogP contribution in [0.15, 0.2) is 53.3 Å². The molecule has 0 unspecified atom stereocenters. The van der Waals surface area contributed by atoms with Crippen molar-refractivity contribution < 1.29 is 14.3 Å². The number of aromatic nitrogens is 1. The molecule has 1 fully saturated rings. The van der Waals surface area contributed by atoms with Gasteiger partial charge in [0.15, 0.2) is 0 Å². The Morgan fingerprint density at radius 1 is 1.23 bits per heavy atom. The maximum Gasteiger partial charge on any atom is 0.254 e. The van der Waals surface area contributed by atoms with Gasteiger partial charge in [-0.3, -0.25) is 9.59 Å². The number of H-pyrrole nitrogens is 1. The first kappa shape index (κ1) is 20.2. The van der Waals surface area contributed by atoms with Crippen LogP contribution in [0.1, 0.15) is 34.3 Å². The lowest BCUT2D eigenvalue weighted by molar-refractivity contribution is 0.0506. The number of fused-ring (bicyclic) bond motifs is 1. The molecule has 0 radical (unpaired) electrons. The number of methoxy groups -OCH3 is 1. The number of carbonyl (C=O) groups excluding carboxylic acids is 1. The molecule has 6 nitrogen and oxygen atoms in total. The Bertz CT molecular complexity index is 1120. The van der Waals surface area contributed by atoms with Gasteiger partial charge in [-0.25, -0.2) is 0 Å². The molecular weight excluding hydrogens is 380 g/mol. The molecule has 1 saturated heterocycles. The molecular formula is C24H26N2O4. The predicted molar refractivity (Wildman–Crippen MR) is 116 cm³/mol. The van der Waals surface area contributed by atoms with E-state index in [0.717, 1.165) is 29.3 Å². The highest BCUT2D eigenvalue weighted by Gasteiger charge is 2.25. The molecule has 1 aliphatic rings. The number of carbonyl (C=O) groups is 1. The van der Waals surface area contributed by atoms with Gasteiger partial charge in [0.2, 0.25) is 0 Å². The number of aryl methyl sites for hydroxylation is 1. The normalized spacial score (nSPS) is 16.0. The van der Waals surface area contributed by atoms with E-state index in [0.29, 0.717) is 30.0 Å². The zero-order chi connectivity index (χ0) is 21.1. The molecule has 0 saturated carbocycles. The second-order valence-electron chi connectivity index (χ2n) is 7.77. The number of benzene rings is 2. The van der Waals surface area contributed by atoms with Crippen molar-refractivity contribution in [2.75, 3.05) is 20.3 Å². The molecule has 2 heterocycles. The number of aromatic amines is 1. The Labute approximate surface area is 175 Å². The number of rotatable bonds is 6. The summed E-state index contributed by atoms with van der Waals surface area (Å²) in [6, 6.07) is 14.9. The third-order valence-corrected chi connectivity index (χ3v) is 5.49. The first-order valence-electron chi connectivity index (χ1n) is 10.2. The van der Waals surface area contributed by atoms with Gasteiger partial charge in [-0.15, -0.1) is 0 Å². The number of nitrogens with zero attached hydrogens (tertiary/aromatic N) is 1. The fourth-order valence-corrected chi connectivity index (χ4v) is 3.88. The molecule has 30 heavy (non-hydrogen) atoms. The van der Waals surface area contributed by atoms with Gasteiger partial charge in [-0.2, -0.15) is 0 Å². The van der Waals surface area contributed by atoms with Crippen molar-refractivity contribution >= 4 is 16.8 Å². The first-order chi connectivity index (χ1) is 14.5. The largest absolute Gasteiger partial charge is 0.497 e. The smallest absolute Gasteiger partial charge is 0.254 e. The van der Waals surface area contributed by atoms with Crippen molar-refractivity contribution in [1.82, 2.24) is 9.88 Å². The molecule has 0 spiro atoms. The molecule has 0 bridgehead atoms. The van der Waals surface area contributed by atoms with Crippen LogP contribution in [-0.4, -0.2) is 42.2 Å². The van der Waals surface area contributed by atoms with Gasteiger partial charge in [0.05, 0.1) is 19.8 Å². The van der Waals surface area contributed by atoms with Crippen LogP contribution in [0.5, 0.6) is 5.75 Å². The SMILES string of the molecule is COc1cccc(C(=O)N(Cc2cc3ccc(C)cc3[nH]c2=O)C[C@H]2CCCO2)c1. The van der Waals surface area contributed by atoms with Crippen LogP contribution in [0.4, 0.5) is 0 Å². The summed E-state index contributed by atoms with van der Waals surface area (Å²) < 4.78 is 11.0. The number of nitrogens with one attached hydrogen (secondary N) is 1. The Kier molecular flexibility index (Phi) is 5.86. The van der Waals surface area contributed by atoms with Gasteiger partial charge < -0.3 is 19.4 Å². The van der Waals surface area contributed by atoms with E-state index >= 15 is 0 Å². The topological polar surface area (TPSA) is 71.6 Å². The maximum atomic E-state index is 13.3. The molecule has 1 amide bonds. The van der Waals surface area contributed by atoms with Crippen LogP contribution >= 0.6 is 0 Å². The molecule has 4 rings (SSSR count). The Balaban J connectivity index is 1.66. The zero-order valence-corrected chi connectivity index (χ0v) is 17.3. The number of hydrogen-bond donors (Lipinski definition) is 1. The molecule has 1 aliphatic heterocycles. The van der Waals surface area contributed by atoms with Crippen molar-refractivity contribution in [1.29, 1.82) is 0 Å². The lowest BCUT2D eigenvalue weighted by Crippen LogP contribution is -2.38. The lowest BCUT2D eigenvalue weighted by Gasteiger charge is -2.25. The second kappa shape index (κ2) is 8.71. The summed E-state index contributed by atoms with van der Waals surface area (Å²) in [4.78, 5) is 30.7. The fourth-order valence-electron chi connectivity index (χ4n) is 3.88. The summed E-state index contributed by atoms with van der Waals surface area (Å²) in [6.07, 6.45) is 1.89. The van der Waals surface area contributed by atoms with Crippen molar-refractivity contribution in [3.05, 3.63) is 75.6 Å². The van der Waals surface area contributed by atoms with Crippen molar-refractivity contribution in [2.24, 2.45) is 0 Å². The van der Waals surface area contributed by atoms with Gasteiger partial charge in [0.25, 0.3) is 11.5 Å². The molecule has 156 valence electrons. The van der Waals surface area contributed by atoms with Crippen molar-refractivity contribution in [3.8, 4) is 5.75 Å².